The Kier molecular flexibility index (Phi) is 7.57. The predicted octanol–water partition coefficient (Wildman–Crippen LogP) is 4.60. The molecule has 0 aliphatic carbocycles. The molecule has 7 nitrogen and oxygen atoms in total. The third-order valence-corrected chi connectivity index (χ3v) is 6.36. The van der Waals surface area contributed by atoms with Crippen LogP contribution in [-0.4, -0.2) is 36.9 Å². The highest BCUT2D eigenvalue weighted by Gasteiger charge is 2.22. The Hall–Kier alpha value is -3.39. The third kappa shape index (κ3) is 6.10. The van der Waals surface area contributed by atoms with Gasteiger partial charge in [0, 0.05) is 24.0 Å². The van der Waals surface area contributed by atoms with Gasteiger partial charge in [-0.25, -0.2) is 0 Å². The van der Waals surface area contributed by atoms with Crippen molar-refractivity contribution in [1.82, 2.24) is 25.1 Å². The summed E-state index contributed by atoms with van der Waals surface area (Å²) in [6, 6.07) is 17.9. The summed E-state index contributed by atoms with van der Waals surface area (Å²) in [5, 5.41) is 12.2. The Morgan fingerprint density at radius 2 is 1.94 bits per heavy atom. The first-order chi connectivity index (χ1) is 16.1. The molecule has 8 heteroatoms. The van der Waals surface area contributed by atoms with Crippen LogP contribution in [0.1, 0.15) is 31.6 Å². The van der Waals surface area contributed by atoms with E-state index in [0.717, 1.165) is 24.2 Å². The number of carbonyl (C=O) groups is 1. The van der Waals surface area contributed by atoms with Gasteiger partial charge in [-0.15, -0.1) is 10.2 Å². The lowest BCUT2D eigenvalue weighted by Gasteiger charge is -2.17. The molecule has 0 spiro atoms. The molecule has 0 aliphatic heterocycles. The average Bonchev–Trinajstić information content (AvgIpc) is 3.49. The Balaban J connectivity index is 1.42. The molecule has 3 aromatic heterocycles. The minimum absolute atomic E-state index is 0.0176. The molecule has 4 rings (SSSR count). The lowest BCUT2D eigenvalue weighted by molar-refractivity contribution is -0.120. The smallest absolute Gasteiger partial charge is 0.233 e. The van der Waals surface area contributed by atoms with Crippen LogP contribution in [0.4, 0.5) is 0 Å². The van der Waals surface area contributed by atoms with Gasteiger partial charge in [-0.1, -0.05) is 42.1 Å². The maximum absolute atomic E-state index is 12.9. The van der Waals surface area contributed by atoms with Crippen LogP contribution in [0.15, 0.2) is 82.8 Å². The van der Waals surface area contributed by atoms with E-state index in [1.165, 1.54) is 17.3 Å². The normalized spacial score (nSPS) is 12.9. The van der Waals surface area contributed by atoms with Crippen LogP contribution in [0.5, 0.6) is 0 Å². The number of aromatic nitrogens is 4. The van der Waals surface area contributed by atoms with E-state index >= 15 is 0 Å². The number of nitrogens with one attached hydrogen (secondary N) is 1. The van der Waals surface area contributed by atoms with Gasteiger partial charge in [0.2, 0.25) is 5.91 Å². The molecular formula is C25H27N5O2S. The molecule has 0 radical (unpaired) electrons. The fraction of sp³-hybridized carbons (Fsp3) is 0.280. The number of furan rings is 1. The van der Waals surface area contributed by atoms with Crippen LogP contribution in [-0.2, 0) is 17.8 Å². The summed E-state index contributed by atoms with van der Waals surface area (Å²) in [7, 11) is 0. The van der Waals surface area contributed by atoms with E-state index in [4.69, 9.17) is 4.42 Å². The number of rotatable bonds is 10. The summed E-state index contributed by atoms with van der Waals surface area (Å²) >= 11 is 1.39. The molecule has 1 amide bonds. The topological polar surface area (TPSA) is 85.8 Å². The Morgan fingerprint density at radius 1 is 1.09 bits per heavy atom. The van der Waals surface area contributed by atoms with Crippen molar-refractivity contribution in [2.45, 2.75) is 49.7 Å². The third-order valence-electron chi connectivity index (χ3n) is 5.28. The van der Waals surface area contributed by atoms with E-state index in [0.29, 0.717) is 17.5 Å². The van der Waals surface area contributed by atoms with Gasteiger partial charge < -0.3 is 9.73 Å². The molecule has 3 heterocycles. The molecule has 0 aliphatic rings. The van der Waals surface area contributed by atoms with Crippen LogP contribution in [0.3, 0.4) is 0 Å². The fourth-order valence-corrected chi connectivity index (χ4v) is 4.31. The second-order valence-corrected chi connectivity index (χ2v) is 9.22. The van der Waals surface area contributed by atoms with Gasteiger partial charge in [0.25, 0.3) is 0 Å². The van der Waals surface area contributed by atoms with Crippen molar-refractivity contribution < 1.29 is 9.21 Å². The zero-order chi connectivity index (χ0) is 23.0. The number of carbonyl (C=O) groups excluding carboxylic acids is 1. The Morgan fingerprint density at radius 3 is 2.67 bits per heavy atom. The highest BCUT2D eigenvalue weighted by atomic mass is 32.2. The monoisotopic (exact) mass is 461 g/mol. The second-order valence-electron chi connectivity index (χ2n) is 7.91. The molecule has 2 atom stereocenters. The van der Waals surface area contributed by atoms with E-state index in [1.54, 1.807) is 18.7 Å². The first-order valence-corrected chi connectivity index (χ1v) is 11.8. The molecule has 0 saturated heterocycles. The lowest BCUT2D eigenvalue weighted by atomic mass is 10.1. The molecular weight excluding hydrogens is 434 g/mol. The number of nitrogens with zero attached hydrogens (tertiary/aromatic N) is 4. The van der Waals surface area contributed by atoms with E-state index in [-0.39, 0.29) is 17.2 Å². The maximum atomic E-state index is 12.9. The number of hydrogen-bond donors (Lipinski definition) is 1. The molecule has 0 saturated carbocycles. The quantitative estimate of drug-likeness (QED) is 0.348. The molecule has 0 bridgehead atoms. The largest absolute Gasteiger partial charge is 0.467 e. The van der Waals surface area contributed by atoms with Crippen molar-refractivity contribution >= 4 is 17.7 Å². The SMILES string of the molecule is CC(CCc1ccccc1)NC(=O)C(C)Sc1nnc(-c2cccnc2)n1Cc1ccco1. The number of benzene rings is 1. The van der Waals surface area contributed by atoms with Gasteiger partial charge in [-0.3, -0.25) is 14.3 Å². The van der Waals surface area contributed by atoms with Crippen molar-refractivity contribution in [2.75, 3.05) is 0 Å². The first-order valence-electron chi connectivity index (χ1n) is 11.0. The zero-order valence-electron chi connectivity index (χ0n) is 18.7. The number of hydrogen-bond acceptors (Lipinski definition) is 6. The van der Waals surface area contributed by atoms with E-state index in [9.17, 15) is 4.79 Å². The molecule has 0 fully saturated rings. The van der Waals surface area contributed by atoms with Gasteiger partial charge in [0.1, 0.15) is 5.76 Å². The highest BCUT2D eigenvalue weighted by molar-refractivity contribution is 8.00. The van der Waals surface area contributed by atoms with Crippen LogP contribution in [0, 0.1) is 0 Å². The fourth-order valence-electron chi connectivity index (χ4n) is 3.46. The van der Waals surface area contributed by atoms with Gasteiger partial charge in [0.15, 0.2) is 11.0 Å². The van der Waals surface area contributed by atoms with Crippen molar-refractivity contribution in [3.05, 3.63) is 84.6 Å². The summed E-state index contributed by atoms with van der Waals surface area (Å²) in [6.45, 7) is 4.39. The number of amides is 1. The maximum Gasteiger partial charge on any atom is 0.233 e. The summed E-state index contributed by atoms with van der Waals surface area (Å²) in [6.07, 6.45) is 6.92. The van der Waals surface area contributed by atoms with Gasteiger partial charge >= 0.3 is 0 Å². The molecule has 4 aromatic rings. The van der Waals surface area contributed by atoms with Crippen molar-refractivity contribution in [3.8, 4) is 11.4 Å². The molecule has 170 valence electrons. The molecule has 1 N–H and O–H groups in total. The molecule has 1 aromatic carbocycles. The van der Waals surface area contributed by atoms with Crippen molar-refractivity contribution in [1.29, 1.82) is 0 Å². The van der Waals surface area contributed by atoms with E-state index in [2.05, 4.69) is 32.6 Å². The lowest BCUT2D eigenvalue weighted by Crippen LogP contribution is -2.38. The second kappa shape index (κ2) is 11.0. The standard InChI is InChI=1S/C25H27N5O2S/c1-18(12-13-20-8-4-3-5-9-20)27-24(31)19(2)33-25-29-28-23(21-10-6-14-26-16-21)30(25)17-22-11-7-15-32-22/h3-11,14-16,18-19H,12-13,17H2,1-2H3,(H,27,31). The molecule has 2 unspecified atom stereocenters. The minimum atomic E-state index is -0.328. The minimum Gasteiger partial charge on any atom is -0.467 e. The summed E-state index contributed by atoms with van der Waals surface area (Å²) in [4.78, 5) is 17.1. The van der Waals surface area contributed by atoms with Crippen LogP contribution >= 0.6 is 11.8 Å². The Labute approximate surface area is 197 Å². The van der Waals surface area contributed by atoms with E-state index in [1.807, 2.05) is 60.9 Å². The summed E-state index contributed by atoms with van der Waals surface area (Å²) in [5.74, 6) is 1.45. The number of thioether (sulfide) groups is 1. The predicted molar refractivity (Wildman–Crippen MR) is 129 cm³/mol. The molecule has 33 heavy (non-hydrogen) atoms. The Bertz CT molecular complexity index is 1150. The first kappa shape index (κ1) is 22.8. The van der Waals surface area contributed by atoms with Crippen molar-refractivity contribution in [3.63, 3.8) is 0 Å². The van der Waals surface area contributed by atoms with Gasteiger partial charge in [-0.2, -0.15) is 0 Å². The highest BCUT2D eigenvalue weighted by Crippen LogP contribution is 2.27. The van der Waals surface area contributed by atoms with Crippen LogP contribution < -0.4 is 5.32 Å². The number of aryl methyl sites for hydroxylation is 1. The van der Waals surface area contributed by atoms with Gasteiger partial charge in [-0.05, 0) is 56.5 Å². The van der Waals surface area contributed by atoms with E-state index < -0.39 is 0 Å². The summed E-state index contributed by atoms with van der Waals surface area (Å²) in [5.41, 5.74) is 2.13. The van der Waals surface area contributed by atoms with Crippen LogP contribution in [0.25, 0.3) is 11.4 Å². The number of pyridine rings is 1. The van der Waals surface area contributed by atoms with Crippen molar-refractivity contribution in [2.24, 2.45) is 0 Å². The summed E-state index contributed by atoms with van der Waals surface area (Å²) < 4.78 is 7.50. The van der Waals surface area contributed by atoms with Gasteiger partial charge in [0.05, 0.1) is 18.1 Å². The average molecular weight is 462 g/mol. The zero-order valence-corrected chi connectivity index (χ0v) is 19.5. The van der Waals surface area contributed by atoms with Crippen LogP contribution in [0.2, 0.25) is 0 Å².